The zero-order valence-electron chi connectivity index (χ0n) is 28.9. The largest absolute Gasteiger partial charge is 0.486 e. The Hall–Kier alpha value is -5.16. The predicted octanol–water partition coefficient (Wildman–Crippen LogP) is 12.4. The molecule has 6 heteroatoms. The van der Waals surface area contributed by atoms with Crippen LogP contribution in [0.25, 0.3) is 0 Å². The zero-order valence-corrected chi connectivity index (χ0v) is 30.4. The smallest absolute Gasteiger partial charge is 0.193 e. The van der Waals surface area contributed by atoms with Crippen LogP contribution in [0, 0.1) is 0 Å². The van der Waals surface area contributed by atoms with Crippen molar-refractivity contribution in [3.63, 3.8) is 0 Å². The Balaban J connectivity index is 1.05. The van der Waals surface area contributed by atoms with Gasteiger partial charge >= 0.3 is 0 Å². The average Bonchev–Trinajstić information content (AvgIpc) is 3.15. The quantitative estimate of drug-likeness (QED) is 0.0936. The Kier molecular flexibility index (Phi) is 10.8. The first-order valence-electron chi connectivity index (χ1n) is 16.8. The molecule has 51 heavy (non-hydrogen) atoms. The van der Waals surface area contributed by atoms with E-state index >= 15 is 0 Å². The molecule has 6 aromatic carbocycles. The monoisotopic (exact) mass is 712 g/mol. The van der Waals surface area contributed by atoms with Crippen LogP contribution in [0.4, 0.5) is 0 Å². The van der Waals surface area contributed by atoms with E-state index in [9.17, 15) is 9.59 Å². The van der Waals surface area contributed by atoms with Crippen molar-refractivity contribution in [1.29, 1.82) is 0 Å². The molecule has 0 N–H and O–H groups in total. The second-order valence-corrected chi connectivity index (χ2v) is 14.2. The maximum absolute atomic E-state index is 13.0. The van der Waals surface area contributed by atoms with Gasteiger partial charge in [-0.25, -0.2) is 0 Å². The van der Waals surface area contributed by atoms with Gasteiger partial charge in [0.05, 0.1) is 5.38 Å². The summed E-state index contributed by atoms with van der Waals surface area (Å²) in [5.74, 6) is 2.02. The minimum absolute atomic E-state index is 0.0486. The predicted molar refractivity (Wildman–Crippen MR) is 206 cm³/mol. The first kappa shape index (κ1) is 35.7. The zero-order chi connectivity index (χ0) is 36.1. The number of ether oxygens (including phenoxy) is 2. The maximum Gasteiger partial charge on any atom is 0.193 e. The number of ketones is 2. The summed E-state index contributed by atoms with van der Waals surface area (Å²) < 4.78 is 12.4. The number of rotatable bonds is 12. The molecule has 6 aromatic rings. The van der Waals surface area contributed by atoms with E-state index in [1.54, 1.807) is 36.4 Å². The molecule has 0 aliphatic carbocycles. The summed E-state index contributed by atoms with van der Waals surface area (Å²) in [7, 11) is 0. The van der Waals surface area contributed by atoms with Gasteiger partial charge in [-0.1, -0.05) is 98.2 Å². The highest BCUT2D eigenvalue weighted by Crippen LogP contribution is 2.35. The van der Waals surface area contributed by atoms with Crippen molar-refractivity contribution in [3.8, 4) is 17.2 Å². The Bertz CT molecular complexity index is 2100. The molecule has 0 heterocycles. The SMILES string of the molecule is CC(Cl)c1ccc(C(=O)c2ccc(Oc3ccc(C(C)(C)c4ccc(OC(C)c5ccc(C(=O)c6ccc(Cl)cc6)cc5)cc4)cc3)cc2)cc1. The van der Waals surface area contributed by atoms with Gasteiger partial charge in [0.15, 0.2) is 11.6 Å². The molecular formula is C45H38Cl2O4. The Morgan fingerprint density at radius 2 is 0.863 bits per heavy atom. The van der Waals surface area contributed by atoms with Gasteiger partial charge in [0.25, 0.3) is 0 Å². The second-order valence-electron chi connectivity index (χ2n) is 13.1. The van der Waals surface area contributed by atoms with Crippen molar-refractivity contribution >= 4 is 34.8 Å². The van der Waals surface area contributed by atoms with Crippen LogP contribution in [0.2, 0.25) is 5.02 Å². The Morgan fingerprint density at radius 1 is 0.510 bits per heavy atom. The van der Waals surface area contributed by atoms with E-state index in [1.807, 2.05) is 98.8 Å². The van der Waals surface area contributed by atoms with Crippen LogP contribution in [0.1, 0.15) is 93.3 Å². The molecule has 0 spiro atoms. The molecule has 4 nitrogen and oxygen atoms in total. The minimum atomic E-state index is -0.267. The van der Waals surface area contributed by atoms with Gasteiger partial charge in [-0.15, -0.1) is 11.6 Å². The molecule has 0 aromatic heterocycles. The first-order valence-corrected chi connectivity index (χ1v) is 17.6. The highest BCUT2D eigenvalue weighted by atomic mass is 35.5. The lowest BCUT2D eigenvalue weighted by Gasteiger charge is -2.27. The van der Waals surface area contributed by atoms with E-state index in [0.717, 1.165) is 28.0 Å². The third-order valence-corrected chi connectivity index (χ3v) is 9.70. The minimum Gasteiger partial charge on any atom is -0.486 e. The summed E-state index contributed by atoms with van der Waals surface area (Å²) in [5.41, 5.74) is 6.39. The molecule has 2 atom stereocenters. The van der Waals surface area contributed by atoms with E-state index in [1.165, 1.54) is 0 Å². The average molecular weight is 714 g/mol. The first-order chi connectivity index (χ1) is 24.5. The summed E-state index contributed by atoms with van der Waals surface area (Å²) in [6.07, 6.45) is -0.203. The number of halogens is 2. The van der Waals surface area contributed by atoms with Gasteiger partial charge in [0.2, 0.25) is 0 Å². The molecule has 0 amide bonds. The summed E-state index contributed by atoms with van der Waals surface area (Å²) in [4.78, 5) is 25.8. The van der Waals surface area contributed by atoms with Gasteiger partial charge < -0.3 is 9.47 Å². The fraction of sp³-hybridized carbons (Fsp3) is 0.156. The van der Waals surface area contributed by atoms with Gasteiger partial charge in [-0.2, -0.15) is 0 Å². The van der Waals surface area contributed by atoms with Crippen LogP contribution in [0.3, 0.4) is 0 Å². The van der Waals surface area contributed by atoms with Crippen molar-refractivity contribution in [2.45, 2.75) is 44.6 Å². The topological polar surface area (TPSA) is 52.6 Å². The van der Waals surface area contributed by atoms with Crippen LogP contribution in [0.5, 0.6) is 17.2 Å². The Labute approximate surface area is 309 Å². The lowest BCUT2D eigenvalue weighted by Crippen LogP contribution is -2.18. The number of carbonyl (C=O) groups is 2. The molecule has 256 valence electrons. The lowest BCUT2D eigenvalue weighted by atomic mass is 9.78. The molecular weight excluding hydrogens is 675 g/mol. The number of hydrogen-bond acceptors (Lipinski definition) is 4. The summed E-state index contributed by atoms with van der Waals surface area (Å²) in [5, 5.41) is 0.494. The number of carbonyl (C=O) groups excluding carboxylic acids is 2. The van der Waals surface area contributed by atoms with Gasteiger partial charge in [0.1, 0.15) is 23.4 Å². The van der Waals surface area contributed by atoms with Gasteiger partial charge in [0, 0.05) is 32.7 Å². The maximum atomic E-state index is 13.0. The van der Waals surface area contributed by atoms with Crippen LogP contribution in [0.15, 0.2) is 146 Å². The van der Waals surface area contributed by atoms with Crippen molar-refractivity contribution in [3.05, 3.63) is 195 Å². The van der Waals surface area contributed by atoms with Crippen molar-refractivity contribution in [1.82, 2.24) is 0 Å². The van der Waals surface area contributed by atoms with Gasteiger partial charge in [-0.05, 0) is 109 Å². The van der Waals surface area contributed by atoms with Crippen LogP contribution in [-0.4, -0.2) is 11.6 Å². The van der Waals surface area contributed by atoms with Crippen LogP contribution >= 0.6 is 23.2 Å². The molecule has 0 aliphatic rings. The van der Waals surface area contributed by atoms with Crippen molar-refractivity contribution < 1.29 is 19.1 Å². The van der Waals surface area contributed by atoms with Crippen molar-refractivity contribution in [2.24, 2.45) is 0 Å². The van der Waals surface area contributed by atoms with Crippen LogP contribution < -0.4 is 9.47 Å². The molecule has 0 saturated carbocycles. The van der Waals surface area contributed by atoms with Crippen LogP contribution in [-0.2, 0) is 5.41 Å². The summed E-state index contributed by atoms with van der Waals surface area (Å²) in [6.45, 7) is 8.28. The third-order valence-electron chi connectivity index (χ3n) is 9.20. The van der Waals surface area contributed by atoms with E-state index in [4.69, 9.17) is 32.7 Å². The highest BCUT2D eigenvalue weighted by Gasteiger charge is 2.23. The van der Waals surface area contributed by atoms with E-state index in [-0.39, 0.29) is 28.5 Å². The van der Waals surface area contributed by atoms with E-state index in [0.29, 0.717) is 38.8 Å². The van der Waals surface area contributed by atoms with E-state index < -0.39 is 0 Å². The third kappa shape index (κ3) is 8.42. The number of hydrogen-bond donors (Lipinski definition) is 0. The number of alkyl halides is 1. The lowest BCUT2D eigenvalue weighted by molar-refractivity contribution is 0.103. The second kappa shape index (κ2) is 15.4. The van der Waals surface area contributed by atoms with Crippen molar-refractivity contribution in [2.75, 3.05) is 0 Å². The molecule has 2 unspecified atom stereocenters. The molecule has 0 aliphatic heterocycles. The van der Waals surface area contributed by atoms with Gasteiger partial charge in [-0.3, -0.25) is 9.59 Å². The highest BCUT2D eigenvalue weighted by molar-refractivity contribution is 6.30. The molecule has 0 fully saturated rings. The fourth-order valence-electron chi connectivity index (χ4n) is 5.88. The number of benzene rings is 6. The Morgan fingerprint density at radius 3 is 1.29 bits per heavy atom. The molecule has 0 radical (unpaired) electrons. The standard InChI is InChI=1S/C45H38Cl2O4/c1-29(46)31-5-9-33(10-6-31)44(49)36-15-23-41(24-16-36)51-42-27-19-38(20-28-42)45(3,4)37-17-25-40(26-18-37)50-30(2)32-7-11-34(12-8-32)43(48)35-13-21-39(47)22-14-35/h5-30H,1-4H3. The fourth-order valence-corrected chi connectivity index (χ4v) is 6.15. The molecule has 0 saturated heterocycles. The van der Waals surface area contributed by atoms with E-state index in [2.05, 4.69) is 38.1 Å². The normalized spacial score (nSPS) is 12.5. The summed E-state index contributed by atoms with van der Waals surface area (Å²) in [6, 6.07) is 45.2. The molecule has 0 bridgehead atoms. The summed E-state index contributed by atoms with van der Waals surface area (Å²) >= 11 is 12.1. The molecule has 6 rings (SSSR count).